The van der Waals surface area contributed by atoms with E-state index in [2.05, 4.69) is 26.9 Å². The van der Waals surface area contributed by atoms with E-state index < -0.39 is 0 Å². The van der Waals surface area contributed by atoms with Crippen LogP contribution in [-0.4, -0.2) is 31.2 Å². The molecule has 1 aliphatic heterocycles. The van der Waals surface area contributed by atoms with E-state index in [0.717, 1.165) is 36.2 Å². The highest BCUT2D eigenvalue weighted by molar-refractivity contribution is 9.10. The van der Waals surface area contributed by atoms with Crippen LogP contribution < -0.4 is 5.73 Å². The molecule has 4 heteroatoms. The number of anilines is 1. The van der Waals surface area contributed by atoms with Gasteiger partial charge >= 0.3 is 0 Å². The first kappa shape index (κ1) is 11.9. The van der Waals surface area contributed by atoms with E-state index in [1.54, 1.807) is 7.11 Å². The molecule has 1 aromatic carbocycles. The maximum Gasteiger partial charge on any atom is 0.0710 e. The molecule has 1 saturated heterocycles. The third-order valence-electron chi connectivity index (χ3n) is 2.95. The number of methoxy groups -OCH3 is 1. The summed E-state index contributed by atoms with van der Waals surface area (Å²) in [6.07, 6.45) is 1.52. The lowest BCUT2D eigenvalue weighted by molar-refractivity contribution is 0.107. The van der Waals surface area contributed by atoms with Gasteiger partial charge in [0, 0.05) is 36.9 Å². The monoisotopic (exact) mass is 284 g/mol. The minimum Gasteiger partial charge on any atom is -0.399 e. The number of halogens is 1. The lowest BCUT2D eigenvalue weighted by Gasteiger charge is -2.16. The average Bonchev–Trinajstić information content (AvgIpc) is 2.64. The Balaban J connectivity index is 1.99. The van der Waals surface area contributed by atoms with Crippen LogP contribution in [0.5, 0.6) is 0 Å². The van der Waals surface area contributed by atoms with Crippen molar-refractivity contribution in [3.05, 3.63) is 28.2 Å². The van der Waals surface area contributed by atoms with Crippen LogP contribution in [0.3, 0.4) is 0 Å². The van der Waals surface area contributed by atoms with E-state index in [-0.39, 0.29) is 0 Å². The Bertz CT molecular complexity index is 350. The van der Waals surface area contributed by atoms with E-state index in [1.165, 1.54) is 5.56 Å². The molecule has 1 heterocycles. The van der Waals surface area contributed by atoms with Gasteiger partial charge in [-0.25, -0.2) is 0 Å². The molecule has 1 aliphatic rings. The molecule has 1 unspecified atom stereocenters. The molecule has 1 fully saturated rings. The Morgan fingerprint density at radius 1 is 1.50 bits per heavy atom. The Kier molecular flexibility index (Phi) is 3.84. The van der Waals surface area contributed by atoms with Gasteiger partial charge < -0.3 is 10.5 Å². The number of likely N-dealkylation sites (tertiary alicyclic amines) is 1. The summed E-state index contributed by atoms with van der Waals surface area (Å²) < 4.78 is 6.40. The summed E-state index contributed by atoms with van der Waals surface area (Å²) in [6, 6.07) is 6.08. The Morgan fingerprint density at radius 3 is 2.94 bits per heavy atom. The summed E-state index contributed by atoms with van der Waals surface area (Å²) in [6.45, 7) is 3.07. The summed E-state index contributed by atoms with van der Waals surface area (Å²) in [5.74, 6) is 0. The molecule has 1 aromatic rings. The first-order chi connectivity index (χ1) is 7.67. The van der Waals surface area contributed by atoms with Gasteiger partial charge in [0.25, 0.3) is 0 Å². The highest BCUT2D eigenvalue weighted by Gasteiger charge is 2.21. The molecule has 88 valence electrons. The fourth-order valence-corrected chi connectivity index (χ4v) is 2.72. The zero-order chi connectivity index (χ0) is 11.5. The lowest BCUT2D eigenvalue weighted by atomic mass is 10.2. The zero-order valence-electron chi connectivity index (χ0n) is 9.45. The smallest absolute Gasteiger partial charge is 0.0710 e. The first-order valence-electron chi connectivity index (χ1n) is 5.47. The third-order valence-corrected chi connectivity index (χ3v) is 3.41. The van der Waals surface area contributed by atoms with Gasteiger partial charge in [-0.15, -0.1) is 0 Å². The summed E-state index contributed by atoms with van der Waals surface area (Å²) in [5, 5.41) is 0. The second-order valence-corrected chi connectivity index (χ2v) is 5.19. The van der Waals surface area contributed by atoms with E-state index >= 15 is 0 Å². The molecule has 0 spiro atoms. The topological polar surface area (TPSA) is 38.5 Å². The van der Waals surface area contributed by atoms with Crippen molar-refractivity contribution >= 4 is 21.6 Å². The molecule has 0 aliphatic carbocycles. The number of nitrogens with two attached hydrogens (primary N) is 1. The highest BCUT2D eigenvalue weighted by Crippen LogP contribution is 2.20. The highest BCUT2D eigenvalue weighted by atomic mass is 79.9. The van der Waals surface area contributed by atoms with Crippen molar-refractivity contribution in [3.63, 3.8) is 0 Å². The minimum atomic E-state index is 0.393. The summed E-state index contributed by atoms with van der Waals surface area (Å²) in [4.78, 5) is 2.40. The number of ether oxygens (including phenoxy) is 1. The van der Waals surface area contributed by atoms with Gasteiger partial charge in [0.15, 0.2) is 0 Å². The molecule has 0 amide bonds. The van der Waals surface area contributed by atoms with Crippen LogP contribution in [0.25, 0.3) is 0 Å². The van der Waals surface area contributed by atoms with Crippen LogP contribution in [0.4, 0.5) is 5.69 Å². The van der Waals surface area contributed by atoms with E-state index in [1.807, 2.05) is 12.1 Å². The summed E-state index contributed by atoms with van der Waals surface area (Å²) in [5.41, 5.74) is 7.88. The van der Waals surface area contributed by atoms with Crippen molar-refractivity contribution in [2.45, 2.75) is 19.1 Å². The van der Waals surface area contributed by atoms with Crippen molar-refractivity contribution in [2.24, 2.45) is 0 Å². The van der Waals surface area contributed by atoms with Crippen molar-refractivity contribution in [1.29, 1.82) is 0 Å². The molecular weight excluding hydrogens is 268 g/mol. The molecular formula is C12H17BrN2O. The minimum absolute atomic E-state index is 0.393. The number of hydrogen-bond acceptors (Lipinski definition) is 3. The Hall–Kier alpha value is -0.580. The summed E-state index contributed by atoms with van der Waals surface area (Å²) in [7, 11) is 1.78. The van der Waals surface area contributed by atoms with E-state index in [0.29, 0.717) is 6.10 Å². The van der Waals surface area contributed by atoms with Crippen LogP contribution in [0, 0.1) is 0 Å². The van der Waals surface area contributed by atoms with Crippen molar-refractivity contribution in [1.82, 2.24) is 4.90 Å². The normalized spacial score (nSPS) is 21.5. The number of hydrogen-bond donors (Lipinski definition) is 1. The predicted molar refractivity (Wildman–Crippen MR) is 69.2 cm³/mol. The second-order valence-electron chi connectivity index (χ2n) is 4.27. The number of nitrogen functional groups attached to an aromatic ring is 1. The predicted octanol–water partition coefficient (Wildman–Crippen LogP) is 2.25. The van der Waals surface area contributed by atoms with Gasteiger partial charge in [0.05, 0.1) is 6.10 Å². The van der Waals surface area contributed by atoms with Crippen LogP contribution in [0.1, 0.15) is 12.0 Å². The SMILES string of the molecule is COC1CCN(Cc2cc(N)cc(Br)c2)C1. The first-order valence-corrected chi connectivity index (χ1v) is 6.27. The van der Waals surface area contributed by atoms with Crippen molar-refractivity contribution in [3.8, 4) is 0 Å². The molecule has 16 heavy (non-hydrogen) atoms. The lowest BCUT2D eigenvalue weighted by Crippen LogP contribution is -2.22. The number of rotatable bonds is 3. The summed E-state index contributed by atoms with van der Waals surface area (Å²) >= 11 is 3.46. The van der Waals surface area contributed by atoms with E-state index in [9.17, 15) is 0 Å². The van der Waals surface area contributed by atoms with Crippen molar-refractivity contribution in [2.75, 3.05) is 25.9 Å². The van der Waals surface area contributed by atoms with Crippen LogP contribution in [0.15, 0.2) is 22.7 Å². The quantitative estimate of drug-likeness (QED) is 0.866. The molecule has 2 N–H and O–H groups in total. The van der Waals surface area contributed by atoms with Crippen LogP contribution in [-0.2, 0) is 11.3 Å². The Labute approximate surface area is 105 Å². The maximum absolute atomic E-state index is 5.81. The van der Waals surface area contributed by atoms with Crippen molar-refractivity contribution < 1.29 is 4.74 Å². The standard InChI is InChI=1S/C12H17BrN2O/c1-16-12-2-3-15(8-12)7-9-4-10(13)6-11(14)5-9/h4-6,12H,2-3,7-8,14H2,1H3. The third kappa shape index (κ3) is 2.97. The Morgan fingerprint density at radius 2 is 2.31 bits per heavy atom. The average molecular weight is 285 g/mol. The van der Waals surface area contributed by atoms with Crippen LogP contribution in [0.2, 0.25) is 0 Å². The molecule has 3 nitrogen and oxygen atoms in total. The second kappa shape index (κ2) is 5.17. The van der Waals surface area contributed by atoms with Gasteiger partial charge in [0.2, 0.25) is 0 Å². The number of nitrogens with zero attached hydrogens (tertiary/aromatic N) is 1. The molecule has 0 bridgehead atoms. The fourth-order valence-electron chi connectivity index (χ4n) is 2.16. The van der Waals surface area contributed by atoms with Gasteiger partial charge in [0.1, 0.15) is 0 Å². The molecule has 0 aromatic heterocycles. The number of benzene rings is 1. The molecule has 0 saturated carbocycles. The molecule has 2 rings (SSSR count). The molecule has 0 radical (unpaired) electrons. The zero-order valence-corrected chi connectivity index (χ0v) is 11.0. The van der Waals surface area contributed by atoms with Gasteiger partial charge in [-0.2, -0.15) is 0 Å². The molecule has 1 atom stereocenters. The van der Waals surface area contributed by atoms with E-state index in [4.69, 9.17) is 10.5 Å². The van der Waals surface area contributed by atoms with Gasteiger partial charge in [-0.05, 0) is 30.2 Å². The van der Waals surface area contributed by atoms with Crippen LogP contribution >= 0.6 is 15.9 Å². The maximum atomic E-state index is 5.81. The van der Waals surface area contributed by atoms with Gasteiger partial charge in [-0.3, -0.25) is 4.90 Å². The fraction of sp³-hybridized carbons (Fsp3) is 0.500. The van der Waals surface area contributed by atoms with Gasteiger partial charge in [-0.1, -0.05) is 15.9 Å². The largest absolute Gasteiger partial charge is 0.399 e.